The first-order chi connectivity index (χ1) is 14.6. The minimum Gasteiger partial charge on any atom is -0.396 e. The largest absolute Gasteiger partial charge is 0.396 e. The van der Waals surface area contributed by atoms with Crippen molar-refractivity contribution in [3.05, 3.63) is 72.1 Å². The van der Waals surface area contributed by atoms with Gasteiger partial charge in [-0.25, -0.2) is 4.79 Å². The average Bonchev–Trinajstić information content (AvgIpc) is 3.23. The number of piperazine rings is 1. The quantitative estimate of drug-likeness (QED) is 0.724. The van der Waals surface area contributed by atoms with Gasteiger partial charge in [-0.15, -0.1) is 0 Å². The van der Waals surface area contributed by atoms with E-state index in [-0.39, 0.29) is 6.03 Å². The number of aromatic nitrogens is 2. The van der Waals surface area contributed by atoms with E-state index in [0.717, 1.165) is 19.6 Å². The van der Waals surface area contributed by atoms with Crippen molar-refractivity contribution in [3.8, 4) is 11.1 Å². The summed E-state index contributed by atoms with van der Waals surface area (Å²) in [6.45, 7) is 8.16. The third-order valence-electron chi connectivity index (χ3n) is 5.29. The molecule has 0 bridgehead atoms. The van der Waals surface area contributed by atoms with Crippen LogP contribution >= 0.6 is 0 Å². The molecule has 3 aromatic rings. The number of nitrogen functional groups attached to an aromatic ring is 1. The van der Waals surface area contributed by atoms with Crippen molar-refractivity contribution < 1.29 is 9.59 Å². The third kappa shape index (κ3) is 4.93. The smallest absolute Gasteiger partial charge is 0.344 e. The van der Waals surface area contributed by atoms with Crippen LogP contribution in [-0.4, -0.2) is 58.6 Å². The second kappa shape index (κ2) is 9.84. The van der Waals surface area contributed by atoms with Crippen molar-refractivity contribution in [1.29, 1.82) is 0 Å². The summed E-state index contributed by atoms with van der Waals surface area (Å²) in [7, 11) is 0. The summed E-state index contributed by atoms with van der Waals surface area (Å²) in [5, 5.41) is 4.01. The fraction of sp³-hybridized carbons (Fsp3) is 0.261. The van der Waals surface area contributed by atoms with Gasteiger partial charge in [-0.1, -0.05) is 48.5 Å². The molecule has 1 fully saturated rings. The Bertz CT molecular complexity index is 978. The Hall–Kier alpha value is -3.45. The maximum Gasteiger partial charge on any atom is 0.344 e. The molecule has 0 radical (unpaired) electrons. The number of hydrogen-bond donors (Lipinski definition) is 1. The number of benzene rings is 2. The number of anilines is 1. The number of hydrogen-bond acceptors (Lipinski definition) is 5. The van der Waals surface area contributed by atoms with Crippen LogP contribution in [0.5, 0.6) is 0 Å². The number of nitrogens with two attached hydrogens (primary N) is 1. The van der Waals surface area contributed by atoms with Gasteiger partial charge in [0.05, 0.1) is 18.1 Å². The summed E-state index contributed by atoms with van der Waals surface area (Å²) in [5.74, 6) is 0. The third-order valence-corrected chi connectivity index (χ3v) is 5.29. The van der Waals surface area contributed by atoms with Gasteiger partial charge in [-0.3, -0.25) is 4.90 Å². The molecule has 2 heterocycles. The highest BCUT2D eigenvalue weighted by molar-refractivity contribution is 5.76. The fourth-order valence-electron chi connectivity index (χ4n) is 3.61. The normalized spacial score (nSPS) is 14.1. The molecule has 1 aromatic heterocycles. The first-order valence-corrected chi connectivity index (χ1v) is 9.86. The topological polar surface area (TPSA) is 84.5 Å². The van der Waals surface area contributed by atoms with Gasteiger partial charge in [0.25, 0.3) is 0 Å². The van der Waals surface area contributed by atoms with Gasteiger partial charge in [0.15, 0.2) is 0 Å². The Morgan fingerprint density at radius 3 is 2.33 bits per heavy atom. The van der Waals surface area contributed by atoms with Crippen molar-refractivity contribution in [2.45, 2.75) is 13.5 Å². The summed E-state index contributed by atoms with van der Waals surface area (Å²) >= 11 is 0. The lowest BCUT2D eigenvalue weighted by molar-refractivity contribution is -0.0980. The predicted octanol–water partition coefficient (Wildman–Crippen LogP) is 3.04. The zero-order valence-electron chi connectivity index (χ0n) is 17.2. The van der Waals surface area contributed by atoms with Gasteiger partial charge in [-0.2, -0.15) is 9.78 Å². The molecule has 7 heteroatoms. The zero-order chi connectivity index (χ0) is 21.5. The monoisotopic (exact) mass is 405 g/mol. The van der Waals surface area contributed by atoms with Crippen molar-refractivity contribution >= 4 is 18.5 Å². The van der Waals surface area contributed by atoms with Gasteiger partial charge in [0.2, 0.25) is 0 Å². The van der Waals surface area contributed by atoms with Gasteiger partial charge >= 0.3 is 6.03 Å². The summed E-state index contributed by atoms with van der Waals surface area (Å²) in [4.78, 5) is 24.7. The highest BCUT2D eigenvalue weighted by Crippen LogP contribution is 2.23. The van der Waals surface area contributed by atoms with Crippen LogP contribution in [0.15, 0.2) is 60.9 Å². The molecule has 30 heavy (non-hydrogen) atoms. The van der Waals surface area contributed by atoms with E-state index in [9.17, 15) is 4.79 Å². The Labute approximate surface area is 176 Å². The summed E-state index contributed by atoms with van der Waals surface area (Å²) in [6, 6.07) is 17.0. The number of rotatable bonds is 3. The maximum atomic E-state index is 12.5. The molecule has 0 saturated carbocycles. The van der Waals surface area contributed by atoms with Crippen molar-refractivity contribution in [2.24, 2.45) is 0 Å². The highest BCUT2D eigenvalue weighted by atomic mass is 16.2. The minimum absolute atomic E-state index is 0.111. The number of nitrogens with zero attached hydrogens (tertiary/aromatic N) is 4. The van der Waals surface area contributed by atoms with Gasteiger partial charge < -0.3 is 15.4 Å². The number of amides is 1. The van der Waals surface area contributed by atoms with Crippen LogP contribution in [0.4, 0.5) is 10.5 Å². The second-order valence-electron chi connectivity index (χ2n) is 7.27. The predicted molar refractivity (Wildman–Crippen MR) is 118 cm³/mol. The van der Waals surface area contributed by atoms with E-state index in [1.165, 1.54) is 33.1 Å². The zero-order valence-corrected chi connectivity index (χ0v) is 17.2. The number of carbonyl (C=O) groups excluding carboxylic acids is 2. The Morgan fingerprint density at radius 1 is 1.03 bits per heavy atom. The molecule has 7 nitrogen and oxygen atoms in total. The molecular weight excluding hydrogens is 378 g/mol. The molecular formula is C23H27N5O2. The van der Waals surface area contributed by atoms with Crippen LogP contribution in [0, 0.1) is 6.92 Å². The van der Waals surface area contributed by atoms with Gasteiger partial charge in [0.1, 0.15) is 6.79 Å². The molecule has 156 valence electrons. The summed E-state index contributed by atoms with van der Waals surface area (Å²) < 4.78 is 1.32. The van der Waals surface area contributed by atoms with E-state index in [0.29, 0.717) is 18.8 Å². The molecule has 0 spiro atoms. The van der Waals surface area contributed by atoms with Gasteiger partial charge in [-0.05, 0) is 29.2 Å². The maximum absolute atomic E-state index is 12.5. The minimum atomic E-state index is -0.111. The molecule has 1 saturated heterocycles. The first-order valence-electron chi connectivity index (χ1n) is 9.86. The standard InChI is InChI=1S/C22H25N5O.CH2O/c1-17-13-19(18-5-3-2-4-6-18)7-8-20(17)15-25-9-11-26(12-10-25)22(28)27-16-21(23)14-24-27;1-2/h2-8,13-14,16H,9-12,15,23H2,1H3;1H2. The van der Waals surface area contributed by atoms with E-state index < -0.39 is 0 Å². The molecule has 1 amide bonds. The average molecular weight is 406 g/mol. The summed E-state index contributed by atoms with van der Waals surface area (Å²) in [5.41, 5.74) is 11.3. The van der Waals surface area contributed by atoms with Crippen molar-refractivity contribution in [2.75, 3.05) is 31.9 Å². The lowest BCUT2D eigenvalue weighted by atomic mass is 9.99. The van der Waals surface area contributed by atoms with Crippen LogP contribution < -0.4 is 5.73 Å². The van der Waals surface area contributed by atoms with Crippen LogP contribution in [0.3, 0.4) is 0 Å². The Kier molecular flexibility index (Phi) is 6.98. The Balaban J connectivity index is 0.00000124. The molecule has 4 rings (SSSR count). The fourth-order valence-corrected chi connectivity index (χ4v) is 3.61. The van der Waals surface area contributed by atoms with Crippen LogP contribution in [-0.2, 0) is 11.3 Å². The molecule has 1 aliphatic heterocycles. The van der Waals surface area contributed by atoms with Crippen LogP contribution in [0.1, 0.15) is 11.1 Å². The highest BCUT2D eigenvalue weighted by Gasteiger charge is 2.23. The van der Waals surface area contributed by atoms with Crippen molar-refractivity contribution in [3.63, 3.8) is 0 Å². The lowest BCUT2D eigenvalue weighted by Crippen LogP contribution is -2.49. The molecule has 2 N–H and O–H groups in total. The molecule has 0 aliphatic carbocycles. The summed E-state index contributed by atoms with van der Waals surface area (Å²) in [6.07, 6.45) is 3.06. The SMILES string of the molecule is C=O.Cc1cc(-c2ccccc2)ccc1CN1CCN(C(=O)n2cc(N)cn2)CC1. The molecule has 1 aliphatic rings. The van der Waals surface area contributed by atoms with E-state index in [1.807, 2.05) is 17.8 Å². The first kappa shape index (κ1) is 21.3. The van der Waals surface area contributed by atoms with E-state index >= 15 is 0 Å². The number of aryl methyl sites for hydroxylation is 1. The lowest BCUT2D eigenvalue weighted by Gasteiger charge is -2.34. The number of carbonyl (C=O) groups is 2. The van der Waals surface area contributed by atoms with Crippen molar-refractivity contribution in [1.82, 2.24) is 19.6 Å². The Morgan fingerprint density at radius 2 is 1.73 bits per heavy atom. The van der Waals surface area contributed by atoms with E-state index in [4.69, 9.17) is 10.5 Å². The van der Waals surface area contributed by atoms with Gasteiger partial charge in [0, 0.05) is 32.7 Å². The van der Waals surface area contributed by atoms with E-state index in [1.54, 1.807) is 6.20 Å². The van der Waals surface area contributed by atoms with E-state index in [2.05, 4.69) is 59.4 Å². The molecule has 2 aromatic carbocycles. The molecule has 0 atom stereocenters. The second-order valence-corrected chi connectivity index (χ2v) is 7.27. The van der Waals surface area contributed by atoms with Crippen LogP contribution in [0.25, 0.3) is 11.1 Å². The van der Waals surface area contributed by atoms with Crippen LogP contribution in [0.2, 0.25) is 0 Å². The molecule has 0 unspecified atom stereocenters.